The van der Waals surface area contributed by atoms with Crippen LogP contribution in [0.2, 0.25) is 0 Å². The highest BCUT2D eigenvalue weighted by molar-refractivity contribution is 5.94. The topological polar surface area (TPSA) is 66.6 Å². The summed E-state index contributed by atoms with van der Waals surface area (Å²) in [6, 6.07) is 9.65. The summed E-state index contributed by atoms with van der Waals surface area (Å²) in [7, 11) is 0. The first-order valence-corrected chi connectivity index (χ1v) is 9.01. The number of hydrogen-bond acceptors (Lipinski definition) is 3. The number of rotatable bonds is 7. The van der Waals surface area contributed by atoms with E-state index in [2.05, 4.69) is 6.92 Å². The van der Waals surface area contributed by atoms with Crippen LogP contribution in [-0.2, 0) is 4.79 Å². The molecule has 1 aromatic carbocycles. The number of likely N-dealkylation sites (tertiary alicyclic amines) is 1. The smallest absolute Gasteiger partial charge is 0.253 e. The second kappa shape index (κ2) is 9.42. The van der Waals surface area contributed by atoms with Gasteiger partial charge in [-0.05, 0) is 44.4 Å². The van der Waals surface area contributed by atoms with Crippen LogP contribution in [0.1, 0.15) is 49.4 Å². The fourth-order valence-corrected chi connectivity index (χ4v) is 3.29. The van der Waals surface area contributed by atoms with Crippen molar-refractivity contribution in [3.8, 4) is 0 Å². The third kappa shape index (κ3) is 4.81. The van der Waals surface area contributed by atoms with Crippen molar-refractivity contribution in [2.75, 3.05) is 26.2 Å². The van der Waals surface area contributed by atoms with Gasteiger partial charge in [0, 0.05) is 37.7 Å². The Labute approximate surface area is 144 Å². The second-order valence-electron chi connectivity index (χ2n) is 6.37. The third-order valence-corrected chi connectivity index (χ3v) is 4.59. The zero-order valence-corrected chi connectivity index (χ0v) is 14.6. The molecule has 1 heterocycles. The van der Waals surface area contributed by atoms with Gasteiger partial charge in [0.25, 0.3) is 5.91 Å². The number of piperidine rings is 1. The van der Waals surface area contributed by atoms with Gasteiger partial charge in [-0.15, -0.1) is 0 Å². The van der Waals surface area contributed by atoms with E-state index < -0.39 is 0 Å². The number of benzene rings is 1. The minimum absolute atomic E-state index is 0.0885. The quantitative estimate of drug-likeness (QED) is 0.833. The normalized spacial score (nSPS) is 15.3. The molecule has 2 N–H and O–H groups in total. The number of nitrogens with two attached hydrogens (primary N) is 1. The molecule has 1 aliphatic heterocycles. The highest BCUT2D eigenvalue weighted by Gasteiger charge is 2.29. The fraction of sp³-hybridized carbons (Fsp3) is 0.579. The Morgan fingerprint density at radius 1 is 1.21 bits per heavy atom. The SMILES string of the molecule is CCCN(C(=O)CCCN)C1CCN(C(=O)c2ccccc2)CC1. The van der Waals surface area contributed by atoms with E-state index in [9.17, 15) is 9.59 Å². The van der Waals surface area contributed by atoms with Crippen LogP contribution in [-0.4, -0.2) is 53.8 Å². The largest absolute Gasteiger partial charge is 0.340 e. The maximum absolute atomic E-state index is 12.5. The third-order valence-electron chi connectivity index (χ3n) is 4.59. The predicted octanol–water partition coefficient (Wildman–Crippen LogP) is 2.27. The molecule has 1 aliphatic rings. The first-order valence-electron chi connectivity index (χ1n) is 9.01. The lowest BCUT2D eigenvalue weighted by Crippen LogP contribution is -2.49. The zero-order valence-electron chi connectivity index (χ0n) is 14.6. The van der Waals surface area contributed by atoms with Crippen molar-refractivity contribution in [2.45, 2.75) is 45.1 Å². The molecule has 0 aromatic heterocycles. The summed E-state index contributed by atoms with van der Waals surface area (Å²) >= 11 is 0. The average Bonchev–Trinajstić information content (AvgIpc) is 2.64. The van der Waals surface area contributed by atoms with E-state index in [-0.39, 0.29) is 17.9 Å². The van der Waals surface area contributed by atoms with Crippen molar-refractivity contribution in [3.63, 3.8) is 0 Å². The average molecular weight is 331 g/mol. The summed E-state index contributed by atoms with van der Waals surface area (Å²) in [5, 5.41) is 0. The minimum Gasteiger partial charge on any atom is -0.340 e. The number of carbonyl (C=O) groups is 2. The highest BCUT2D eigenvalue weighted by atomic mass is 16.2. The van der Waals surface area contributed by atoms with E-state index in [0.717, 1.165) is 37.8 Å². The number of carbonyl (C=O) groups excluding carboxylic acids is 2. The van der Waals surface area contributed by atoms with Crippen LogP contribution in [0.3, 0.4) is 0 Å². The molecule has 2 rings (SSSR count). The van der Waals surface area contributed by atoms with Crippen LogP contribution in [0.15, 0.2) is 30.3 Å². The van der Waals surface area contributed by atoms with E-state index >= 15 is 0 Å². The fourth-order valence-electron chi connectivity index (χ4n) is 3.29. The maximum atomic E-state index is 12.5. The van der Waals surface area contributed by atoms with Crippen LogP contribution >= 0.6 is 0 Å². The molecule has 0 radical (unpaired) electrons. The van der Waals surface area contributed by atoms with Crippen molar-refractivity contribution in [1.29, 1.82) is 0 Å². The second-order valence-corrected chi connectivity index (χ2v) is 6.37. The van der Waals surface area contributed by atoms with Gasteiger partial charge in [-0.2, -0.15) is 0 Å². The molecular weight excluding hydrogens is 302 g/mol. The summed E-state index contributed by atoms with van der Waals surface area (Å²) < 4.78 is 0. The van der Waals surface area contributed by atoms with E-state index in [1.165, 1.54) is 0 Å². The number of amides is 2. The molecule has 1 saturated heterocycles. The molecular formula is C19H29N3O2. The Hall–Kier alpha value is -1.88. The maximum Gasteiger partial charge on any atom is 0.253 e. The van der Waals surface area contributed by atoms with Gasteiger partial charge in [-0.3, -0.25) is 9.59 Å². The first-order chi connectivity index (χ1) is 11.7. The van der Waals surface area contributed by atoms with Gasteiger partial charge in [-0.1, -0.05) is 25.1 Å². The van der Waals surface area contributed by atoms with Gasteiger partial charge >= 0.3 is 0 Å². The van der Waals surface area contributed by atoms with Crippen LogP contribution in [0.25, 0.3) is 0 Å². The van der Waals surface area contributed by atoms with Crippen LogP contribution in [0, 0.1) is 0 Å². The molecule has 24 heavy (non-hydrogen) atoms. The lowest BCUT2D eigenvalue weighted by molar-refractivity contribution is -0.134. The molecule has 0 unspecified atom stereocenters. The Morgan fingerprint density at radius 3 is 2.46 bits per heavy atom. The van der Waals surface area contributed by atoms with Gasteiger partial charge < -0.3 is 15.5 Å². The van der Waals surface area contributed by atoms with Crippen molar-refractivity contribution in [1.82, 2.24) is 9.80 Å². The molecule has 0 bridgehead atoms. The Morgan fingerprint density at radius 2 is 1.88 bits per heavy atom. The van der Waals surface area contributed by atoms with Gasteiger partial charge in [0.2, 0.25) is 5.91 Å². The van der Waals surface area contributed by atoms with E-state index in [1.807, 2.05) is 40.1 Å². The van der Waals surface area contributed by atoms with Crippen LogP contribution in [0.4, 0.5) is 0 Å². The van der Waals surface area contributed by atoms with Gasteiger partial charge in [0.05, 0.1) is 0 Å². The van der Waals surface area contributed by atoms with Crippen molar-refractivity contribution < 1.29 is 9.59 Å². The van der Waals surface area contributed by atoms with Gasteiger partial charge in [-0.25, -0.2) is 0 Å². The predicted molar refractivity (Wildman–Crippen MR) is 95.7 cm³/mol. The molecule has 5 nitrogen and oxygen atoms in total. The Kier molecular flexibility index (Phi) is 7.25. The lowest BCUT2D eigenvalue weighted by Gasteiger charge is -2.38. The number of nitrogens with zero attached hydrogens (tertiary/aromatic N) is 2. The van der Waals surface area contributed by atoms with Crippen LogP contribution < -0.4 is 5.73 Å². The summed E-state index contributed by atoms with van der Waals surface area (Å²) in [6.45, 7) is 4.86. The molecule has 1 aromatic rings. The van der Waals surface area contributed by atoms with Crippen LogP contribution in [0.5, 0.6) is 0 Å². The summed E-state index contributed by atoms with van der Waals surface area (Å²) in [6.07, 6.45) is 3.93. The first kappa shape index (κ1) is 18.5. The number of hydrogen-bond donors (Lipinski definition) is 1. The molecule has 5 heteroatoms. The van der Waals surface area contributed by atoms with Gasteiger partial charge in [0.1, 0.15) is 0 Å². The van der Waals surface area contributed by atoms with Crippen molar-refractivity contribution >= 4 is 11.8 Å². The zero-order chi connectivity index (χ0) is 17.4. The molecule has 1 fully saturated rings. The lowest BCUT2D eigenvalue weighted by atomic mass is 10.0. The summed E-state index contributed by atoms with van der Waals surface area (Å²) in [5.41, 5.74) is 6.26. The molecule has 2 amide bonds. The van der Waals surface area contributed by atoms with Crippen molar-refractivity contribution in [2.24, 2.45) is 5.73 Å². The molecule has 132 valence electrons. The van der Waals surface area contributed by atoms with E-state index in [4.69, 9.17) is 5.73 Å². The molecule has 0 saturated carbocycles. The molecule has 0 atom stereocenters. The summed E-state index contributed by atoms with van der Waals surface area (Å²) in [4.78, 5) is 28.8. The Balaban J connectivity index is 1.92. The Bertz CT molecular complexity index is 525. The minimum atomic E-state index is 0.0885. The monoisotopic (exact) mass is 331 g/mol. The van der Waals surface area contributed by atoms with E-state index in [1.54, 1.807) is 0 Å². The standard InChI is InChI=1S/C19H29N3O2/c1-2-13-22(18(23)9-6-12-20)17-10-14-21(15-11-17)19(24)16-7-4-3-5-8-16/h3-5,7-8,17H,2,6,9-15,20H2,1H3. The molecule has 0 aliphatic carbocycles. The van der Waals surface area contributed by atoms with Crippen molar-refractivity contribution in [3.05, 3.63) is 35.9 Å². The van der Waals surface area contributed by atoms with E-state index in [0.29, 0.717) is 26.1 Å². The van der Waals surface area contributed by atoms with Gasteiger partial charge in [0.15, 0.2) is 0 Å². The molecule has 0 spiro atoms. The summed E-state index contributed by atoms with van der Waals surface area (Å²) in [5.74, 6) is 0.292. The highest BCUT2D eigenvalue weighted by Crippen LogP contribution is 2.20.